The van der Waals surface area contributed by atoms with Gasteiger partial charge in [0, 0.05) is 13.1 Å². The fourth-order valence-corrected chi connectivity index (χ4v) is 1.26. The topological polar surface area (TPSA) is 64.9 Å². The van der Waals surface area contributed by atoms with Gasteiger partial charge in [0.15, 0.2) is 5.82 Å². The molecule has 0 aliphatic rings. The van der Waals surface area contributed by atoms with Crippen LogP contribution in [0.15, 0.2) is 24.5 Å². The van der Waals surface area contributed by atoms with Gasteiger partial charge in [-0.1, -0.05) is 6.07 Å². The van der Waals surface area contributed by atoms with Crippen molar-refractivity contribution in [2.24, 2.45) is 7.05 Å². The largest absolute Gasteiger partial charge is 0.481 e. The van der Waals surface area contributed by atoms with Crippen LogP contribution in [0, 0.1) is 0 Å². The first-order chi connectivity index (χ1) is 7.79. The van der Waals surface area contributed by atoms with E-state index in [9.17, 15) is 0 Å². The number of methoxy groups -OCH3 is 1. The molecule has 2 aromatic heterocycles. The summed E-state index contributed by atoms with van der Waals surface area (Å²) in [5.41, 5.74) is 0. The van der Waals surface area contributed by atoms with Crippen LogP contribution < -0.4 is 10.1 Å². The normalized spacial score (nSPS) is 10.1. The van der Waals surface area contributed by atoms with E-state index in [1.165, 1.54) is 0 Å². The Hall–Kier alpha value is -2.11. The monoisotopic (exact) mass is 219 g/mol. The Morgan fingerprint density at radius 3 is 3.00 bits per heavy atom. The first-order valence-electron chi connectivity index (χ1n) is 4.87. The molecule has 16 heavy (non-hydrogen) atoms. The van der Waals surface area contributed by atoms with Crippen LogP contribution in [0.5, 0.6) is 5.88 Å². The van der Waals surface area contributed by atoms with Crippen LogP contribution >= 0.6 is 0 Å². The van der Waals surface area contributed by atoms with Crippen molar-refractivity contribution in [2.75, 3.05) is 12.4 Å². The summed E-state index contributed by atoms with van der Waals surface area (Å²) in [6.07, 6.45) is 1.66. The quantitative estimate of drug-likeness (QED) is 0.825. The summed E-state index contributed by atoms with van der Waals surface area (Å²) in [7, 11) is 3.49. The Morgan fingerprint density at radius 2 is 2.31 bits per heavy atom. The summed E-state index contributed by atoms with van der Waals surface area (Å²) in [6.45, 7) is 0.580. The van der Waals surface area contributed by atoms with E-state index in [0.29, 0.717) is 12.4 Å². The number of nitrogens with one attached hydrogen (secondary N) is 1. The fourth-order valence-electron chi connectivity index (χ4n) is 1.26. The smallest absolute Gasteiger partial charge is 0.214 e. The zero-order valence-electron chi connectivity index (χ0n) is 9.21. The minimum absolute atomic E-state index is 0.580. The highest BCUT2D eigenvalue weighted by Crippen LogP contribution is 2.11. The highest BCUT2D eigenvalue weighted by Gasteiger charge is 2.01. The van der Waals surface area contributed by atoms with E-state index < -0.39 is 0 Å². The van der Waals surface area contributed by atoms with Gasteiger partial charge in [0.25, 0.3) is 0 Å². The molecule has 0 saturated carbocycles. The Morgan fingerprint density at radius 1 is 1.44 bits per heavy atom. The van der Waals surface area contributed by atoms with Crippen LogP contribution in [0.1, 0.15) is 5.82 Å². The number of aryl methyl sites for hydroxylation is 1. The molecule has 1 N–H and O–H groups in total. The van der Waals surface area contributed by atoms with Crippen molar-refractivity contribution in [1.29, 1.82) is 0 Å². The number of ether oxygens (including phenoxy) is 1. The SMILES string of the molecule is COc1cccc(NCc2nncn2C)n1. The summed E-state index contributed by atoms with van der Waals surface area (Å²) >= 11 is 0. The molecule has 0 amide bonds. The molecule has 2 heterocycles. The van der Waals surface area contributed by atoms with E-state index in [0.717, 1.165) is 11.6 Å². The Kier molecular flexibility index (Phi) is 3.00. The van der Waals surface area contributed by atoms with Crippen LogP contribution in [0.2, 0.25) is 0 Å². The van der Waals surface area contributed by atoms with E-state index in [-0.39, 0.29) is 0 Å². The van der Waals surface area contributed by atoms with Gasteiger partial charge in [-0.2, -0.15) is 4.98 Å². The molecule has 0 spiro atoms. The van der Waals surface area contributed by atoms with E-state index in [1.54, 1.807) is 19.5 Å². The number of aromatic nitrogens is 4. The van der Waals surface area contributed by atoms with Gasteiger partial charge in [0.1, 0.15) is 12.1 Å². The molecule has 0 aliphatic heterocycles. The van der Waals surface area contributed by atoms with Gasteiger partial charge in [0.2, 0.25) is 5.88 Å². The lowest BCUT2D eigenvalue weighted by Gasteiger charge is -2.06. The molecular formula is C10H13N5O. The van der Waals surface area contributed by atoms with Crippen molar-refractivity contribution >= 4 is 5.82 Å². The minimum atomic E-state index is 0.580. The third kappa shape index (κ3) is 2.28. The number of hydrogen-bond donors (Lipinski definition) is 1. The number of hydrogen-bond acceptors (Lipinski definition) is 5. The van der Waals surface area contributed by atoms with Crippen molar-refractivity contribution in [3.05, 3.63) is 30.4 Å². The molecule has 0 aliphatic carbocycles. The molecule has 84 valence electrons. The second-order valence-electron chi connectivity index (χ2n) is 3.28. The molecule has 0 saturated heterocycles. The summed E-state index contributed by atoms with van der Waals surface area (Å²) in [5, 5.41) is 10.9. The second-order valence-corrected chi connectivity index (χ2v) is 3.28. The highest BCUT2D eigenvalue weighted by atomic mass is 16.5. The molecule has 2 rings (SSSR count). The van der Waals surface area contributed by atoms with Crippen LogP contribution in [-0.4, -0.2) is 26.9 Å². The van der Waals surface area contributed by atoms with Crippen LogP contribution in [0.3, 0.4) is 0 Å². The lowest BCUT2D eigenvalue weighted by atomic mass is 10.4. The van der Waals surface area contributed by atoms with E-state index in [1.807, 2.05) is 23.7 Å². The molecule has 0 fully saturated rings. The van der Waals surface area contributed by atoms with Gasteiger partial charge in [0.05, 0.1) is 13.7 Å². The van der Waals surface area contributed by atoms with Crippen molar-refractivity contribution in [3.8, 4) is 5.88 Å². The summed E-state index contributed by atoms with van der Waals surface area (Å²) in [4.78, 5) is 4.23. The average molecular weight is 219 g/mol. The van der Waals surface area contributed by atoms with Gasteiger partial charge < -0.3 is 14.6 Å². The molecule has 6 nitrogen and oxygen atoms in total. The maximum absolute atomic E-state index is 5.03. The third-order valence-electron chi connectivity index (χ3n) is 2.17. The van der Waals surface area contributed by atoms with Crippen molar-refractivity contribution < 1.29 is 4.74 Å². The number of rotatable bonds is 4. The van der Waals surface area contributed by atoms with E-state index in [4.69, 9.17) is 4.74 Å². The standard InChI is InChI=1S/C10H13N5O/c1-15-7-12-14-9(15)6-11-8-4-3-5-10(13-8)16-2/h3-5,7H,6H2,1-2H3,(H,11,13). The third-order valence-corrected chi connectivity index (χ3v) is 2.17. The molecule has 0 unspecified atom stereocenters. The molecule has 0 atom stereocenters. The van der Waals surface area contributed by atoms with E-state index in [2.05, 4.69) is 20.5 Å². The number of anilines is 1. The van der Waals surface area contributed by atoms with Crippen molar-refractivity contribution in [3.63, 3.8) is 0 Å². The Bertz CT molecular complexity index is 468. The molecular weight excluding hydrogens is 206 g/mol. The van der Waals surface area contributed by atoms with E-state index >= 15 is 0 Å². The van der Waals surface area contributed by atoms with Gasteiger partial charge in [-0.15, -0.1) is 10.2 Å². The summed E-state index contributed by atoms with van der Waals surface area (Å²) < 4.78 is 6.89. The molecule has 0 aromatic carbocycles. The van der Waals surface area contributed by atoms with Gasteiger partial charge in [-0.05, 0) is 6.07 Å². The van der Waals surface area contributed by atoms with Gasteiger partial charge in [-0.3, -0.25) is 0 Å². The lowest BCUT2D eigenvalue weighted by molar-refractivity contribution is 0.398. The maximum atomic E-state index is 5.03. The number of nitrogens with zero attached hydrogens (tertiary/aromatic N) is 4. The zero-order valence-corrected chi connectivity index (χ0v) is 9.21. The zero-order chi connectivity index (χ0) is 11.4. The van der Waals surface area contributed by atoms with Crippen molar-refractivity contribution in [1.82, 2.24) is 19.7 Å². The molecule has 0 bridgehead atoms. The highest BCUT2D eigenvalue weighted by molar-refractivity contribution is 5.37. The van der Waals surface area contributed by atoms with Gasteiger partial charge in [-0.25, -0.2) is 0 Å². The summed E-state index contributed by atoms with van der Waals surface area (Å²) in [6, 6.07) is 5.55. The molecule has 6 heteroatoms. The summed E-state index contributed by atoms with van der Waals surface area (Å²) in [5.74, 6) is 2.19. The van der Waals surface area contributed by atoms with Crippen LogP contribution in [-0.2, 0) is 13.6 Å². The predicted octanol–water partition coefficient (Wildman–Crippen LogP) is 0.831. The van der Waals surface area contributed by atoms with Gasteiger partial charge >= 0.3 is 0 Å². The second kappa shape index (κ2) is 4.61. The minimum Gasteiger partial charge on any atom is -0.481 e. The first kappa shape index (κ1) is 10.4. The Labute approximate surface area is 93.3 Å². The average Bonchev–Trinajstić information content (AvgIpc) is 2.72. The fraction of sp³-hybridized carbons (Fsp3) is 0.300. The Balaban J connectivity index is 2.02. The molecule has 2 aromatic rings. The maximum Gasteiger partial charge on any atom is 0.214 e. The first-order valence-corrected chi connectivity index (χ1v) is 4.87. The van der Waals surface area contributed by atoms with Crippen LogP contribution in [0.4, 0.5) is 5.82 Å². The van der Waals surface area contributed by atoms with Crippen LogP contribution in [0.25, 0.3) is 0 Å². The number of pyridine rings is 1. The molecule has 0 radical (unpaired) electrons. The lowest BCUT2D eigenvalue weighted by Crippen LogP contribution is -2.06. The van der Waals surface area contributed by atoms with Crippen molar-refractivity contribution in [2.45, 2.75) is 6.54 Å². The predicted molar refractivity (Wildman–Crippen MR) is 59.1 cm³/mol.